The number of aromatic nitrogens is 1. The number of hydrogen-bond acceptors (Lipinski definition) is 6. The molecule has 1 aliphatic heterocycles. The summed E-state index contributed by atoms with van der Waals surface area (Å²) >= 11 is 0. The van der Waals surface area contributed by atoms with Crippen LogP contribution >= 0.6 is 0 Å². The standard InChI is InChI=1S/C28H32F3N3O4/c1-37-21-2-3-25-23(15-21)26(18(16-32)17-33-25)24(31)4-5-28(27(35)36)6-8-34(9-7-28)10-11-38-22-13-19(29)12-20(30)14-22/h2-3,12-15,17,24H,4-11,16,32H2,1H3,(H,35,36). The van der Waals surface area contributed by atoms with Gasteiger partial charge in [0.05, 0.1) is 18.0 Å². The minimum absolute atomic E-state index is 0.0316. The van der Waals surface area contributed by atoms with Crippen LogP contribution in [0.5, 0.6) is 11.5 Å². The zero-order valence-electron chi connectivity index (χ0n) is 21.3. The number of nitrogens with two attached hydrogens (primary N) is 1. The van der Waals surface area contributed by atoms with Crippen molar-refractivity contribution in [3.8, 4) is 11.5 Å². The van der Waals surface area contributed by atoms with Crippen molar-refractivity contribution in [2.45, 2.75) is 38.4 Å². The van der Waals surface area contributed by atoms with Crippen molar-refractivity contribution in [3.05, 3.63) is 65.4 Å². The number of fused-ring (bicyclic) bond motifs is 1. The third-order valence-corrected chi connectivity index (χ3v) is 7.39. The Morgan fingerprint density at radius 2 is 1.87 bits per heavy atom. The first kappa shape index (κ1) is 27.7. The number of ether oxygens (including phenoxy) is 2. The van der Waals surface area contributed by atoms with Gasteiger partial charge in [0, 0.05) is 48.4 Å². The second-order valence-corrected chi connectivity index (χ2v) is 9.67. The van der Waals surface area contributed by atoms with Crippen molar-refractivity contribution in [1.29, 1.82) is 0 Å². The fraction of sp³-hybridized carbons (Fsp3) is 0.429. The van der Waals surface area contributed by atoms with Gasteiger partial charge in [0.15, 0.2) is 0 Å². The van der Waals surface area contributed by atoms with Crippen molar-refractivity contribution >= 4 is 16.9 Å². The summed E-state index contributed by atoms with van der Waals surface area (Å²) in [5.74, 6) is -1.69. The lowest BCUT2D eigenvalue weighted by Crippen LogP contribution is -2.45. The molecule has 3 N–H and O–H groups in total. The molecular weight excluding hydrogens is 499 g/mol. The minimum Gasteiger partial charge on any atom is -0.497 e. The number of methoxy groups -OCH3 is 1. The van der Waals surface area contributed by atoms with Crippen molar-refractivity contribution in [3.63, 3.8) is 0 Å². The Labute approximate surface area is 219 Å². The van der Waals surface area contributed by atoms with E-state index in [2.05, 4.69) is 4.98 Å². The van der Waals surface area contributed by atoms with E-state index < -0.39 is 29.2 Å². The molecule has 1 aliphatic rings. The Morgan fingerprint density at radius 1 is 1.16 bits per heavy atom. The van der Waals surface area contributed by atoms with E-state index >= 15 is 4.39 Å². The fourth-order valence-corrected chi connectivity index (χ4v) is 5.12. The topological polar surface area (TPSA) is 97.9 Å². The Morgan fingerprint density at radius 3 is 2.50 bits per heavy atom. The molecule has 38 heavy (non-hydrogen) atoms. The summed E-state index contributed by atoms with van der Waals surface area (Å²) < 4.78 is 53.2. The fourth-order valence-electron chi connectivity index (χ4n) is 5.12. The normalized spacial score (nSPS) is 16.3. The first-order chi connectivity index (χ1) is 18.2. The molecule has 0 spiro atoms. The van der Waals surface area contributed by atoms with Gasteiger partial charge in [-0.05, 0) is 62.5 Å². The van der Waals surface area contributed by atoms with Gasteiger partial charge in [-0.25, -0.2) is 13.2 Å². The van der Waals surface area contributed by atoms with Crippen molar-refractivity contribution < 1.29 is 32.5 Å². The SMILES string of the molecule is COc1ccc2ncc(CN)c(C(F)CCC3(C(=O)O)CCN(CCOc4cc(F)cc(F)c4)CC3)c2c1. The highest BCUT2D eigenvalue weighted by molar-refractivity contribution is 5.85. The van der Waals surface area contributed by atoms with Gasteiger partial charge in [-0.2, -0.15) is 0 Å². The molecule has 0 saturated carbocycles. The highest BCUT2D eigenvalue weighted by Crippen LogP contribution is 2.41. The smallest absolute Gasteiger partial charge is 0.309 e. The minimum atomic E-state index is -1.42. The molecule has 1 aromatic heterocycles. The summed E-state index contributed by atoms with van der Waals surface area (Å²) in [5.41, 5.74) is 6.47. The van der Waals surface area contributed by atoms with Gasteiger partial charge in [-0.15, -0.1) is 0 Å². The maximum atomic E-state index is 15.8. The van der Waals surface area contributed by atoms with E-state index in [1.54, 1.807) is 24.4 Å². The number of benzene rings is 2. The van der Waals surface area contributed by atoms with Crippen molar-refractivity contribution in [2.75, 3.05) is 33.4 Å². The molecule has 7 nitrogen and oxygen atoms in total. The molecule has 10 heteroatoms. The highest BCUT2D eigenvalue weighted by atomic mass is 19.1. The van der Waals surface area contributed by atoms with Crippen LogP contribution in [0.15, 0.2) is 42.6 Å². The molecule has 0 aliphatic carbocycles. The second kappa shape index (κ2) is 12.0. The number of carbonyl (C=O) groups is 1. The summed E-state index contributed by atoms with van der Waals surface area (Å²) in [5, 5.41) is 10.7. The van der Waals surface area contributed by atoms with Gasteiger partial charge >= 0.3 is 5.97 Å². The van der Waals surface area contributed by atoms with Gasteiger partial charge in [0.25, 0.3) is 0 Å². The molecule has 1 atom stereocenters. The number of carboxylic acid groups (broad SMARTS) is 1. The van der Waals surface area contributed by atoms with Crippen LogP contribution in [0.25, 0.3) is 10.9 Å². The van der Waals surface area contributed by atoms with Gasteiger partial charge in [0.1, 0.15) is 35.9 Å². The monoisotopic (exact) mass is 531 g/mol. The third kappa shape index (κ3) is 6.19. The molecule has 2 heterocycles. The molecule has 4 rings (SSSR count). The van der Waals surface area contributed by atoms with E-state index in [4.69, 9.17) is 15.2 Å². The van der Waals surface area contributed by atoms with Crippen molar-refractivity contribution in [2.24, 2.45) is 11.1 Å². The largest absolute Gasteiger partial charge is 0.497 e. The van der Waals surface area contributed by atoms with Gasteiger partial charge in [-0.3, -0.25) is 14.7 Å². The third-order valence-electron chi connectivity index (χ3n) is 7.39. The second-order valence-electron chi connectivity index (χ2n) is 9.67. The number of alkyl halides is 1. The lowest BCUT2D eigenvalue weighted by Gasteiger charge is -2.39. The number of carboxylic acids is 1. The maximum Gasteiger partial charge on any atom is 0.309 e. The van der Waals surface area contributed by atoms with Gasteiger partial charge < -0.3 is 20.3 Å². The average Bonchev–Trinajstić information content (AvgIpc) is 2.90. The first-order valence-corrected chi connectivity index (χ1v) is 12.6. The number of piperidine rings is 1. The Balaban J connectivity index is 1.39. The Hall–Kier alpha value is -3.37. The van der Waals surface area contributed by atoms with E-state index in [0.717, 1.165) is 18.2 Å². The van der Waals surface area contributed by atoms with Gasteiger partial charge in [0.2, 0.25) is 0 Å². The Bertz CT molecular complexity index is 1260. The molecule has 0 bridgehead atoms. The zero-order valence-corrected chi connectivity index (χ0v) is 21.3. The predicted octanol–water partition coefficient (Wildman–Crippen LogP) is 5.02. The van der Waals surface area contributed by atoms with E-state index in [0.29, 0.717) is 60.3 Å². The quantitative estimate of drug-likeness (QED) is 0.359. The molecule has 3 aromatic rings. The summed E-state index contributed by atoms with van der Waals surface area (Å²) in [7, 11) is 1.53. The first-order valence-electron chi connectivity index (χ1n) is 12.6. The van der Waals surface area contributed by atoms with E-state index in [-0.39, 0.29) is 31.7 Å². The molecular formula is C28H32F3N3O4. The number of halogens is 3. The lowest BCUT2D eigenvalue weighted by molar-refractivity contribution is -0.153. The molecule has 1 fully saturated rings. The average molecular weight is 532 g/mol. The summed E-state index contributed by atoms with van der Waals surface area (Å²) in [6, 6.07) is 8.24. The zero-order chi connectivity index (χ0) is 27.3. The molecule has 2 aromatic carbocycles. The van der Waals surface area contributed by atoms with Gasteiger partial charge in [-0.1, -0.05) is 0 Å². The van der Waals surface area contributed by atoms with Crippen LogP contribution in [0.3, 0.4) is 0 Å². The van der Waals surface area contributed by atoms with E-state index in [9.17, 15) is 18.7 Å². The number of hydrogen-bond donors (Lipinski definition) is 2. The molecule has 204 valence electrons. The number of nitrogens with zero attached hydrogens (tertiary/aromatic N) is 2. The summed E-state index contributed by atoms with van der Waals surface area (Å²) in [6.07, 6.45) is 1.08. The van der Waals surface area contributed by atoms with Crippen LogP contribution in [0.2, 0.25) is 0 Å². The number of likely N-dealkylation sites (tertiary alicyclic amines) is 1. The molecule has 1 unspecified atom stereocenters. The van der Waals surface area contributed by atoms with Crippen LogP contribution in [-0.2, 0) is 11.3 Å². The summed E-state index contributed by atoms with van der Waals surface area (Å²) in [6.45, 7) is 1.78. The maximum absolute atomic E-state index is 15.8. The highest BCUT2D eigenvalue weighted by Gasteiger charge is 2.41. The summed E-state index contributed by atoms with van der Waals surface area (Å²) in [4.78, 5) is 18.7. The van der Waals surface area contributed by atoms with Crippen LogP contribution in [0, 0.1) is 17.0 Å². The number of rotatable bonds is 11. The Kier molecular flexibility index (Phi) is 8.73. The van der Waals surface area contributed by atoms with E-state index in [1.165, 1.54) is 7.11 Å². The molecule has 0 radical (unpaired) electrons. The number of aliphatic carboxylic acids is 1. The van der Waals surface area contributed by atoms with Crippen LogP contribution in [0.4, 0.5) is 13.2 Å². The predicted molar refractivity (Wildman–Crippen MR) is 137 cm³/mol. The number of pyridine rings is 1. The molecule has 1 saturated heterocycles. The lowest BCUT2D eigenvalue weighted by atomic mass is 9.74. The van der Waals surface area contributed by atoms with Crippen LogP contribution in [0.1, 0.15) is 43.0 Å². The van der Waals surface area contributed by atoms with Crippen LogP contribution in [-0.4, -0.2) is 54.3 Å². The van der Waals surface area contributed by atoms with Crippen LogP contribution < -0.4 is 15.2 Å². The van der Waals surface area contributed by atoms with Crippen molar-refractivity contribution in [1.82, 2.24) is 9.88 Å². The van der Waals surface area contributed by atoms with E-state index in [1.807, 2.05) is 4.90 Å². The molecule has 0 amide bonds.